The second-order valence-corrected chi connectivity index (χ2v) is 4.92. The van der Waals surface area contributed by atoms with Gasteiger partial charge < -0.3 is 15.6 Å². The number of aliphatic hydroxyl groups excluding tert-OH is 1. The van der Waals surface area contributed by atoms with Crippen molar-refractivity contribution in [3.63, 3.8) is 0 Å². The molecule has 5 nitrogen and oxygen atoms in total. The maximum absolute atomic E-state index is 10.4. The van der Waals surface area contributed by atoms with E-state index in [2.05, 4.69) is 4.74 Å². The molecule has 0 bridgehead atoms. The Balaban J connectivity index is 2.52. The van der Waals surface area contributed by atoms with Crippen molar-refractivity contribution in [2.24, 2.45) is 5.73 Å². The number of hydrogen-bond donors (Lipinski definition) is 2. The number of hydrogen-bond acceptors (Lipinski definition) is 4. The minimum atomic E-state index is -0.848. The molecule has 0 aliphatic heterocycles. The van der Waals surface area contributed by atoms with Gasteiger partial charge >= 0.3 is 6.09 Å². The quantitative estimate of drug-likeness (QED) is 0.677. The van der Waals surface area contributed by atoms with E-state index in [1.165, 1.54) is 0 Å². The molecular formula is C10H20N2O3. The Bertz CT molecular complexity index is 233. The third-order valence-corrected chi connectivity index (χ3v) is 2.41. The zero-order valence-electron chi connectivity index (χ0n) is 9.56. The van der Waals surface area contributed by atoms with Crippen LogP contribution >= 0.6 is 0 Å². The van der Waals surface area contributed by atoms with Crippen LogP contribution in [0.2, 0.25) is 0 Å². The Morgan fingerprint density at radius 3 is 2.47 bits per heavy atom. The molecule has 0 spiro atoms. The van der Waals surface area contributed by atoms with E-state index in [-0.39, 0.29) is 12.1 Å². The van der Waals surface area contributed by atoms with E-state index in [0.717, 1.165) is 12.8 Å². The molecule has 1 aliphatic rings. The van der Waals surface area contributed by atoms with Gasteiger partial charge in [0.15, 0.2) is 0 Å². The number of amides is 1. The molecule has 1 rings (SSSR count). The summed E-state index contributed by atoms with van der Waals surface area (Å²) in [7, 11) is 0. The first-order chi connectivity index (χ1) is 6.82. The highest BCUT2D eigenvalue weighted by Gasteiger charge is 2.40. The van der Waals surface area contributed by atoms with Crippen molar-refractivity contribution < 1.29 is 14.6 Å². The van der Waals surface area contributed by atoms with Crippen LogP contribution in [-0.4, -0.2) is 40.5 Å². The van der Waals surface area contributed by atoms with Crippen LogP contribution in [0.15, 0.2) is 0 Å². The highest BCUT2D eigenvalue weighted by atomic mass is 16.6. The van der Waals surface area contributed by atoms with Crippen molar-refractivity contribution in [1.82, 2.24) is 4.90 Å². The summed E-state index contributed by atoms with van der Waals surface area (Å²) in [5, 5.41) is 9.90. The number of ether oxygens (including phenoxy) is 1. The third kappa shape index (κ3) is 3.68. The lowest BCUT2D eigenvalue weighted by molar-refractivity contribution is -0.0849. The van der Waals surface area contributed by atoms with Gasteiger partial charge in [-0.25, -0.2) is 4.79 Å². The number of primary amides is 1. The van der Waals surface area contributed by atoms with Crippen molar-refractivity contribution in [3.8, 4) is 0 Å². The van der Waals surface area contributed by atoms with E-state index in [1.54, 1.807) is 0 Å². The van der Waals surface area contributed by atoms with Crippen molar-refractivity contribution in [2.75, 3.05) is 6.61 Å². The minimum absolute atomic E-state index is 0.0664. The molecule has 15 heavy (non-hydrogen) atoms. The summed E-state index contributed by atoms with van der Waals surface area (Å²) in [6.07, 6.45) is 0.555. The van der Waals surface area contributed by atoms with Gasteiger partial charge in [0, 0.05) is 11.6 Å². The molecule has 0 aromatic carbocycles. The first kappa shape index (κ1) is 12.3. The summed E-state index contributed by atoms with van der Waals surface area (Å²) in [6.45, 7) is 6.01. The molecule has 1 atom stereocenters. The largest absolute Gasteiger partial charge is 0.445 e. The normalized spacial score (nSPS) is 19.0. The van der Waals surface area contributed by atoms with Crippen molar-refractivity contribution >= 4 is 6.09 Å². The molecule has 88 valence electrons. The second kappa shape index (κ2) is 4.37. The third-order valence-electron chi connectivity index (χ3n) is 2.41. The molecule has 1 saturated carbocycles. The molecule has 1 amide bonds. The molecule has 0 aromatic rings. The molecule has 0 radical (unpaired) electrons. The first-order valence-electron chi connectivity index (χ1n) is 5.21. The first-order valence-corrected chi connectivity index (χ1v) is 5.21. The summed E-state index contributed by atoms with van der Waals surface area (Å²) in [5.74, 6) is 0. The van der Waals surface area contributed by atoms with Crippen molar-refractivity contribution in [3.05, 3.63) is 0 Å². The molecule has 0 heterocycles. The highest BCUT2D eigenvalue weighted by molar-refractivity contribution is 5.64. The number of rotatable bonds is 4. The lowest BCUT2D eigenvalue weighted by Gasteiger charge is -2.39. The lowest BCUT2D eigenvalue weighted by Crippen LogP contribution is -2.51. The fourth-order valence-corrected chi connectivity index (χ4v) is 1.83. The van der Waals surface area contributed by atoms with Crippen LogP contribution < -0.4 is 5.73 Å². The Labute approximate surface area is 90.2 Å². The zero-order valence-corrected chi connectivity index (χ0v) is 9.56. The number of nitrogens with zero attached hydrogens (tertiary/aromatic N) is 1. The van der Waals surface area contributed by atoms with Crippen molar-refractivity contribution in [1.29, 1.82) is 0 Å². The number of carbonyl (C=O) groups excluding carboxylic acids is 1. The molecular weight excluding hydrogens is 196 g/mol. The lowest BCUT2D eigenvalue weighted by atomic mass is 10.1. The van der Waals surface area contributed by atoms with E-state index < -0.39 is 12.3 Å². The maximum Gasteiger partial charge on any atom is 0.404 e. The zero-order chi connectivity index (χ0) is 11.6. The molecule has 0 aromatic heterocycles. The predicted octanol–water partition coefficient (Wildman–Crippen LogP) is 0.663. The van der Waals surface area contributed by atoms with E-state index in [0.29, 0.717) is 6.04 Å². The summed E-state index contributed by atoms with van der Waals surface area (Å²) in [4.78, 5) is 12.4. The smallest absolute Gasteiger partial charge is 0.404 e. The van der Waals surface area contributed by atoms with E-state index in [1.807, 2.05) is 25.7 Å². The van der Waals surface area contributed by atoms with Crippen LogP contribution in [0.5, 0.6) is 0 Å². The van der Waals surface area contributed by atoms with Gasteiger partial charge in [-0.05, 0) is 33.6 Å². The van der Waals surface area contributed by atoms with E-state index in [4.69, 9.17) is 5.73 Å². The fraction of sp³-hybridized carbons (Fsp3) is 0.900. The van der Waals surface area contributed by atoms with Gasteiger partial charge in [0.05, 0.1) is 0 Å². The summed E-state index contributed by atoms with van der Waals surface area (Å²) in [5.41, 5.74) is 4.71. The molecule has 3 N–H and O–H groups in total. The monoisotopic (exact) mass is 216 g/mol. The molecule has 1 unspecified atom stereocenters. The second-order valence-electron chi connectivity index (χ2n) is 4.92. The van der Waals surface area contributed by atoms with Crippen LogP contribution in [0, 0.1) is 0 Å². The summed E-state index contributed by atoms with van der Waals surface area (Å²) < 4.78 is 4.60. The van der Waals surface area contributed by atoms with Gasteiger partial charge in [-0.2, -0.15) is 0 Å². The molecule has 1 aliphatic carbocycles. The Morgan fingerprint density at radius 2 is 2.13 bits per heavy atom. The van der Waals surface area contributed by atoms with E-state index >= 15 is 0 Å². The predicted molar refractivity (Wildman–Crippen MR) is 56.2 cm³/mol. The highest BCUT2D eigenvalue weighted by Crippen LogP contribution is 2.34. The van der Waals surface area contributed by atoms with Crippen LogP contribution in [0.25, 0.3) is 0 Å². The fourth-order valence-electron chi connectivity index (χ4n) is 1.83. The Morgan fingerprint density at radius 1 is 1.60 bits per heavy atom. The number of nitrogens with two attached hydrogens (primary N) is 1. The maximum atomic E-state index is 10.4. The Kier molecular flexibility index (Phi) is 3.57. The number of carbonyl (C=O) groups is 1. The molecule has 1 fully saturated rings. The summed E-state index contributed by atoms with van der Waals surface area (Å²) in [6, 6.07) is 0.400. The van der Waals surface area contributed by atoms with Gasteiger partial charge in [0.1, 0.15) is 12.8 Å². The number of aliphatic hydroxyl groups is 1. The SMILES string of the molecule is CC(C)(C)N(C(O)COC(N)=O)C1CC1. The Hall–Kier alpha value is -0.810. The van der Waals surface area contributed by atoms with E-state index in [9.17, 15) is 9.90 Å². The van der Waals surface area contributed by atoms with Crippen LogP contribution in [0.1, 0.15) is 33.6 Å². The minimum Gasteiger partial charge on any atom is -0.445 e. The molecule has 0 saturated heterocycles. The van der Waals surface area contributed by atoms with Crippen LogP contribution in [0.4, 0.5) is 4.79 Å². The van der Waals surface area contributed by atoms with Gasteiger partial charge in [-0.3, -0.25) is 4.90 Å². The van der Waals surface area contributed by atoms with Gasteiger partial charge in [-0.1, -0.05) is 0 Å². The van der Waals surface area contributed by atoms with Gasteiger partial charge in [0.25, 0.3) is 0 Å². The summed E-state index contributed by atoms with van der Waals surface area (Å²) >= 11 is 0. The van der Waals surface area contributed by atoms with Crippen LogP contribution in [-0.2, 0) is 4.74 Å². The van der Waals surface area contributed by atoms with Crippen molar-refractivity contribution in [2.45, 2.75) is 51.4 Å². The molecule has 5 heteroatoms. The standard InChI is InChI=1S/C10H20N2O3/c1-10(2,3)12(7-4-5-7)8(13)6-15-9(11)14/h7-8,13H,4-6H2,1-3H3,(H2,11,14). The van der Waals surface area contributed by atoms with Crippen LogP contribution in [0.3, 0.4) is 0 Å². The average Bonchev–Trinajstić information content (AvgIpc) is 2.82. The average molecular weight is 216 g/mol. The van der Waals surface area contributed by atoms with Gasteiger partial charge in [0.2, 0.25) is 0 Å². The van der Waals surface area contributed by atoms with Gasteiger partial charge in [-0.15, -0.1) is 0 Å². The topological polar surface area (TPSA) is 75.8 Å².